The van der Waals surface area contributed by atoms with E-state index in [2.05, 4.69) is 4.98 Å². The zero-order chi connectivity index (χ0) is 12.8. The maximum absolute atomic E-state index is 13.1. The largest absolute Gasteiger partial charge is 0.330 e. The van der Waals surface area contributed by atoms with E-state index in [9.17, 15) is 8.78 Å². The summed E-state index contributed by atoms with van der Waals surface area (Å²) in [6.07, 6.45) is -0.469. The fourth-order valence-electron chi connectivity index (χ4n) is 2.79. The van der Waals surface area contributed by atoms with Gasteiger partial charge in [-0.25, -0.2) is 13.8 Å². The number of aromatic nitrogens is 1. The van der Waals surface area contributed by atoms with Crippen LogP contribution in [0.3, 0.4) is 0 Å². The van der Waals surface area contributed by atoms with Crippen molar-refractivity contribution >= 4 is 11.6 Å². The molecule has 1 aliphatic carbocycles. The molecule has 0 amide bonds. The lowest BCUT2D eigenvalue weighted by molar-refractivity contribution is -0.124. The van der Waals surface area contributed by atoms with Crippen LogP contribution in [0.4, 0.5) is 8.78 Å². The molecule has 17 heavy (non-hydrogen) atoms. The van der Waals surface area contributed by atoms with E-state index < -0.39 is 11.3 Å². The highest BCUT2D eigenvalue weighted by molar-refractivity contribution is 6.30. The molecular formula is C12H15ClF2N2. The van der Waals surface area contributed by atoms with E-state index >= 15 is 0 Å². The van der Waals surface area contributed by atoms with Crippen LogP contribution in [0.5, 0.6) is 0 Å². The second kappa shape index (κ2) is 3.89. The summed E-state index contributed by atoms with van der Waals surface area (Å²) in [6, 6.07) is 1.86. The number of pyridine rings is 1. The molecule has 0 bridgehead atoms. The molecule has 0 unspecified atom stereocenters. The molecule has 0 spiro atoms. The number of alkyl halides is 2. The Morgan fingerprint density at radius 2 is 2.00 bits per heavy atom. The monoisotopic (exact) mass is 260 g/mol. The third-order valence-corrected chi connectivity index (χ3v) is 3.69. The second-order valence-electron chi connectivity index (χ2n) is 4.94. The van der Waals surface area contributed by atoms with Gasteiger partial charge in [-0.15, -0.1) is 0 Å². The zero-order valence-corrected chi connectivity index (χ0v) is 10.6. The van der Waals surface area contributed by atoms with Gasteiger partial charge in [0.15, 0.2) is 0 Å². The number of nitrogens with two attached hydrogens (primary N) is 1. The van der Waals surface area contributed by atoms with E-state index in [0.29, 0.717) is 10.7 Å². The standard InChI is InChI=1S/C12H15ClF2N2/c1-7-3-8(2)17-10(13)9(7)11(6-16)4-12(14,15)5-11/h3H,4-6,16H2,1-2H3. The Morgan fingerprint density at radius 1 is 1.41 bits per heavy atom. The second-order valence-corrected chi connectivity index (χ2v) is 5.30. The molecule has 1 saturated carbocycles. The Kier molecular flexibility index (Phi) is 2.91. The van der Waals surface area contributed by atoms with Crippen molar-refractivity contribution in [2.24, 2.45) is 5.73 Å². The fraction of sp³-hybridized carbons (Fsp3) is 0.583. The van der Waals surface area contributed by atoms with Gasteiger partial charge in [0.2, 0.25) is 5.92 Å². The van der Waals surface area contributed by atoms with E-state index in [1.807, 2.05) is 19.9 Å². The lowest BCUT2D eigenvalue weighted by atomic mass is 9.61. The predicted molar refractivity (Wildman–Crippen MR) is 63.6 cm³/mol. The number of rotatable bonds is 2. The van der Waals surface area contributed by atoms with Crippen molar-refractivity contribution in [3.8, 4) is 0 Å². The first-order valence-corrected chi connectivity index (χ1v) is 5.90. The van der Waals surface area contributed by atoms with Crippen molar-refractivity contribution in [3.05, 3.63) is 28.0 Å². The van der Waals surface area contributed by atoms with Crippen LogP contribution >= 0.6 is 11.6 Å². The topological polar surface area (TPSA) is 38.9 Å². The number of nitrogens with zero attached hydrogens (tertiary/aromatic N) is 1. The van der Waals surface area contributed by atoms with E-state index in [0.717, 1.165) is 11.3 Å². The predicted octanol–water partition coefficient (Wildman–Crippen LogP) is 2.98. The third kappa shape index (κ3) is 2.04. The number of halogens is 3. The minimum Gasteiger partial charge on any atom is -0.330 e. The first kappa shape index (κ1) is 12.7. The van der Waals surface area contributed by atoms with E-state index in [1.54, 1.807) is 0 Å². The minimum atomic E-state index is -2.62. The maximum atomic E-state index is 13.1. The van der Waals surface area contributed by atoms with Crippen LogP contribution in [0, 0.1) is 13.8 Å². The molecule has 1 aromatic heterocycles. The van der Waals surface area contributed by atoms with Crippen molar-refractivity contribution in [2.45, 2.75) is 38.0 Å². The van der Waals surface area contributed by atoms with Gasteiger partial charge in [-0.3, -0.25) is 0 Å². The third-order valence-electron chi connectivity index (χ3n) is 3.42. The molecule has 0 radical (unpaired) electrons. The summed E-state index contributed by atoms with van der Waals surface area (Å²) in [5, 5.41) is 0.309. The van der Waals surface area contributed by atoms with Crippen LogP contribution in [0.25, 0.3) is 0 Å². The molecule has 0 aliphatic heterocycles. The molecule has 94 valence electrons. The van der Waals surface area contributed by atoms with E-state index in [-0.39, 0.29) is 19.4 Å². The van der Waals surface area contributed by atoms with Gasteiger partial charge >= 0.3 is 0 Å². The summed E-state index contributed by atoms with van der Waals surface area (Å²) in [5.74, 6) is -2.62. The molecule has 5 heteroatoms. The van der Waals surface area contributed by atoms with Crippen LogP contribution in [0.15, 0.2) is 6.07 Å². The van der Waals surface area contributed by atoms with Crippen molar-refractivity contribution in [1.82, 2.24) is 4.98 Å². The molecule has 2 rings (SSSR count). The van der Waals surface area contributed by atoms with Gasteiger partial charge in [0.25, 0.3) is 0 Å². The molecule has 1 aliphatic rings. The summed E-state index contributed by atoms with van der Waals surface area (Å²) in [4.78, 5) is 4.14. The van der Waals surface area contributed by atoms with Gasteiger partial charge in [0.05, 0.1) is 0 Å². The van der Waals surface area contributed by atoms with E-state index in [4.69, 9.17) is 17.3 Å². The Balaban J connectivity index is 2.47. The smallest absolute Gasteiger partial charge is 0.250 e. The molecule has 2 N–H and O–H groups in total. The SMILES string of the molecule is Cc1cc(C)c(C2(CN)CC(F)(F)C2)c(Cl)n1. The Labute approximate surface area is 104 Å². The molecule has 2 nitrogen and oxygen atoms in total. The van der Waals surface area contributed by atoms with Crippen LogP contribution < -0.4 is 5.73 Å². The minimum absolute atomic E-state index is 0.174. The Bertz CT molecular complexity index is 429. The van der Waals surface area contributed by atoms with Gasteiger partial charge < -0.3 is 5.73 Å². The van der Waals surface area contributed by atoms with Gasteiger partial charge in [0, 0.05) is 36.1 Å². The highest BCUT2D eigenvalue weighted by Crippen LogP contribution is 2.54. The van der Waals surface area contributed by atoms with E-state index in [1.165, 1.54) is 0 Å². The lowest BCUT2D eigenvalue weighted by Crippen LogP contribution is -2.54. The first-order valence-electron chi connectivity index (χ1n) is 5.52. The van der Waals surface area contributed by atoms with Crippen molar-refractivity contribution in [2.75, 3.05) is 6.54 Å². The maximum Gasteiger partial charge on any atom is 0.250 e. The van der Waals surface area contributed by atoms with Crippen molar-refractivity contribution in [1.29, 1.82) is 0 Å². The molecular weight excluding hydrogens is 246 g/mol. The quantitative estimate of drug-likeness (QED) is 0.831. The summed E-state index contributed by atoms with van der Waals surface area (Å²) in [5.41, 5.74) is 7.35. The van der Waals surface area contributed by atoms with Gasteiger partial charge in [-0.2, -0.15) is 0 Å². The van der Waals surface area contributed by atoms with Gasteiger partial charge in [-0.05, 0) is 25.5 Å². The first-order chi connectivity index (χ1) is 7.80. The van der Waals surface area contributed by atoms with Gasteiger partial charge in [0.1, 0.15) is 5.15 Å². The van der Waals surface area contributed by atoms with Crippen molar-refractivity contribution in [3.63, 3.8) is 0 Å². The van der Waals surface area contributed by atoms with Crippen molar-refractivity contribution < 1.29 is 8.78 Å². The molecule has 0 atom stereocenters. The Morgan fingerprint density at radius 3 is 2.41 bits per heavy atom. The molecule has 0 saturated heterocycles. The summed E-state index contributed by atoms with van der Waals surface area (Å²) in [6.45, 7) is 3.87. The molecule has 1 aromatic rings. The normalized spacial score (nSPS) is 21.1. The number of aryl methyl sites for hydroxylation is 2. The van der Waals surface area contributed by atoms with Gasteiger partial charge in [-0.1, -0.05) is 11.6 Å². The van der Waals surface area contributed by atoms with Crippen LogP contribution in [-0.2, 0) is 5.41 Å². The lowest BCUT2D eigenvalue weighted by Gasteiger charge is -2.47. The average Bonchev–Trinajstić information content (AvgIpc) is 2.12. The van der Waals surface area contributed by atoms with Crippen LogP contribution in [0.1, 0.15) is 29.7 Å². The summed E-state index contributed by atoms with van der Waals surface area (Å²) in [7, 11) is 0. The van der Waals surface area contributed by atoms with Crippen LogP contribution in [0.2, 0.25) is 5.15 Å². The summed E-state index contributed by atoms with van der Waals surface area (Å²) < 4.78 is 26.3. The Hall–Kier alpha value is -0.740. The zero-order valence-electron chi connectivity index (χ0n) is 9.86. The molecule has 0 aromatic carbocycles. The number of hydrogen-bond donors (Lipinski definition) is 1. The average molecular weight is 261 g/mol. The highest BCUT2D eigenvalue weighted by atomic mass is 35.5. The fourth-order valence-corrected chi connectivity index (χ4v) is 3.27. The van der Waals surface area contributed by atoms with Crippen LogP contribution in [-0.4, -0.2) is 17.5 Å². The summed E-state index contributed by atoms with van der Waals surface area (Å²) >= 11 is 6.09. The highest BCUT2D eigenvalue weighted by Gasteiger charge is 2.57. The molecule has 1 fully saturated rings. The molecule has 1 heterocycles. The number of hydrogen-bond acceptors (Lipinski definition) is 2.